The van der Waals surface area contributed by atoms with E-state index in [0.29, 0.717) is 13.0 Å². The van der Waals surface area contributed by atoms with Crippen LogP contribution in [0, 0.1) is 0 Å². The number of esters is 1. The zero-order valence-electron chi connectivity index (χ0n) is 3.23. The summed E-state index contributed by atoms with van der Waals surface area (Å²) in [5, 5.41) is 0. The van der Waals surface area contributed by atoms with E-state index in [9.17, 15) is 4.79 Å². The molecule has 1 aliphatic heterocycles. The molecule has 0 spiro atoms. The molecule has 1 heterocycles. The fourth-order valence-electron chi connectivity index (χ4n) is 0.185. The molecule has 0 aromatic carbocycles. The van der Waals surface area contributed by atoms with Crippen molar-refractivity contribution in [2.24, 2.45) is 0 Å². The third kappa shape index (κ3) is 0.897. The van der Waals surface area contributed by atoms with Gasteiger partial charge < -0.3 is 4.74 Å². The Morgan fingerprint density at radius 1 is 1.67 bits per heavy atom. The molecule has 0 atom stereocenters. The molecule has 0 bridgehead atoms. The molecule has 0 saturated carbocycles. The van der Waals surface area contributed by atoms with Gasteiger partial charge in [0.2, 0.25) is 0 Å². The molecule has 0 aliphatic carbocycles. The molecule has 1 saturated heterocycles. The first kappa shape index (κ1) is 5.82. The number of carbonyl (C=O) groups is 1. The smallest absolute Gasteiger partial charge is 0.309 e. The van der Waals surface area contributed by atoms with Gasteiger partial charge in [-0.3, -0.25) is 4.79 Å². The number of hydrogen-bond donors (Lipinski definition) is 0. The van der Waals surface area contributed by atoms with E-state index in [1.54, 1.807) is 0 Å². The van der Waals surface area contributed by atoms with Crippen LogP contribution in [0.5, 0.6) is 0 Å². The van der Waals surface area contributed by atoms with Crippen molar-refractivity contribution in [2.45, 2.75) is 6.42 Å². The Hall–Kier alpha value is -0.180. The van der Waals surface area contributed by atoms with Crippen LogP contribution in [0.2, 0.25) is 0 Å². The Kier molecular flexibility index (Phi) is 2.01. The molecule has 1 fully saturated rings. The maximum absolute atomic E-state index is 9.68. The van der Waals surface area contributed by atoms with Gasteiger partial charge in [-0.15, -0.1) is 0 Å². The topological polar surface area (TPSA) is 26.3 Å². The Morgan fingerprint density at radius 3 is 2.00 bits per heavy atom. The van der Waals surface area contributed by atoms with Crippen molar-refractivity contribution >= 4 is 19.5 Å². The van der Waals surface area contributed by atoms with E-state index in [0.717, 1.165) is 0 Å². The maximum Gasteiger partial charge on any atom is 0.309 e. The molecule has 1 aliphatic rings. The minimum Gasteiger partial charge on any atom is -0.465 e. The highest BCUT2D eigenvalue weighted by Gasteiger charge is 2.10. The molecule has 3 heteroatoms. The first-order chi connectivity index (χ1) is 2.39. The van der Waals surface area contributed by atoms with Crippen LogP contribution in [0.1, 0.15) is 6.42 Å². The van der Waals surface area contributed by atoms with Gasteiger partial charge in [-0.25, -0.2) is 0 Å². The summed E-state index contributed by atoms with van der Waals surface area (Å²) in [6.45, 7) is 0.638. The summed E-state index contributed by atoms with van der Waals surface area (Å²) in [6, 6.07) is 0. The number of hydrogen-bond acceptors (Lipinski definition) is 2. The summed E-state index contributed by atoms with van der Waals surface area (Å²) >= 11 is 0. The number of carbonyl (C=O) groups excluding carboxylic acids is 1. The molecule has 0 unspecified atom stereocenters. The number of ether oxygens (including phenoxy) is 1. The average molecular weight is 106 g/mol. The summed E-state index contributed by atoms with van der Waals surface area (Å²) in [7, 11) is 0. The van der Waals surface area contributed by atoms with E-state index in [1.807, 2.05) is 0 Å². The van der Waals surface area contributed by atoms with Gasteiger partial charge in [0.05, 0.1) is 6.42 Å². The summed E-state index contributed by atoms with van der Waals surface area (Å²) in [4.78, 5) is 9.68. The molecule has 0 radical (unpaired) electrons. The zero-order valence-corrected chi connectivity index (χ0v) is 4.23. The molecule has 0 aromatic rings. The van der Waals surface area contributed by atoms with Crippen molar-refractivity contribution in [1.82, 2.24) is 0 Å². The highest BCUT2D eigenvalue weighted by atomic mass is 32.1. The van der Waals surface area contributed by atoms with Crippen LogP contribution in [0.15, 0.2) is 0 Å². The van der Waals surface area contributed by atoms with E-state index in [2.05, 4.69) is 4.74 Å². The van der Waals surface area contributed by atoms with Crippen molar-refractivity contribution in [3.8, 4) is 0 Å². The van der Waals surface area contributed by atoms with Crippen molar-refractivity contribution in [2.75, 3.05) is 6.61 Å². The first-order valence-corrected chi connectivity index (χ1v) is 1.55. The van der Waals surface area contributed by atoms with E-state index < -0.39 is 0 Å². The molecule has 0 amide bonds. The highest BCUT2D eigenvalue weighted by molar-refractivity contribution is 7.59. The summed E-state index contributed by atoms with van der Waals surface area (Å²) in [5.74, 6) is -0.0648. The largest absolute Gasteiger partial charge is 0.465 e. The molecular weight excluding hydrogens is 100 g/mol. The lowest BCUT2D eigenvalue weighted by atomic mass is 10.4. The monoisotopic (exact) mass is 106 g/mol. The van der Waals surface area contributed by atoms with Crippen LogP contribution in [0.25, 0.3) is 0 Å². The second-order valence-electron chi connectivity index (χ2n) is 0.970. The van der Waals surface area contributed by atoms with Gasteiger partial charge in [-0.1, -0.05) is 0 Å². The predicted molar refractivity (Wildman–Crippen MR) is 26.0 cm³/mol. The molecular formula is C3H6O2S. The standard InChI is InChI=1S/C3H4O2.H2S/c4-3-1-2-5-3;/h1-2H2;1H2. The third-order valence-electron chi connectivity index (χ3n) is 0.569. The van der Waals surface area contributed by atoms with Crippen molar-refractivity contribution in [3.63, 3.8) is 0 Å². The first-order valence-electron chi connectivity index (χ1n) is 1.55. The van der Waals surface area contributed by atoms with Crippen LogP contribution >= 0.6 is 13.5 Å². The molecule has 0 aromatic heterocycles. The van der Waals surface area contributed by atoms with Gasteiger partial charge in [0.15, 0.2) is 0 Å². The Bertz CT molecular complexity index is 55.8. The second-order valence-corrected chi connectivity index (χ2v) is 0.970. The summed E-state index contributed by atoms with van der Waals surface area (Å²) in [6.07, 6.45) is 0.625. The Labute approximate surface area is 42.9 Å². The predicted octanol–water partition coefficient (Wildman–Crippen LogP) is 0.0461. The van der Waals surface area contributed by atoms with Gasteiger partial charge >= 0.3 is 5.97 Å². The lowest BCUT2D eigenvalue weighted by Gasteiger charge is -2.09. The quantitative estimate of drug-likeness (QED) is 0.408. The Morgan fingerprint density at radius 2 is 2.00 bits per heavy atom. The van der Waals surface area contributed by atoms with Gasteiger partial charge in [-0.2, -0.15) is 13.5 Å². The van der Waals surface area contributed by atoms with Crippen LogP contribution in [-0.2, 0) is 9.53 Å². The van der Waals surface area contributed by atoms with Crippen LogP contribution in [0.4, 0.5) is 0 Å². The fraction of sp³-hybridized carbons (Fsp3) is 0.667. The molecule has 1 rings (SSSR count). The molecule has 2 nitrogen and oxygen atoms in total. The Balaban J connectivity index is 0.000000250. The van der Waals surface area contributed by atoms with E-state index in [-0.39, 0.29) is 19.5 Å². The molecule has 6 heavy (non-hydrogen) atoms. The van der Waals surface area contributed by atoms with Crippen molar-refractivity contribution in [1.29, 1.82) is 0 Å². The molecule has 36 valence electrons. The third-order valence-corrected chi connectivity index (χ3v) is 0.569. The van der Waals surface area contributed by atoms with Crippen LogP contribution < -0.4 is 0 Å². The second kappa shape index (κ2) is 2.08. The normalized spacial score (nSPS) is 17.0. The van der Waals surface area contributed by atoms with Crippen molar-refractivity contribution < 1.29 is 9.53 Å². The van der Waals surface area contributed by atoms with E-state index in [4.69, 9.17) is 0 Å². The van der Waals surface area contributed by atoms with Gasteiger partial charge in [0.1, 0.15) is 6.61 Å². The minimum atomic E-state index is -0.0648. The zero-order chi connectivity index (χ0) is 3.70. The number of cyclic esters (lactones) is 1. The lowest BCUT2D eigenvalue weighted by molar-refractivity contribution is -0.157. The summed E-state index contributed by atoms with van der Waals surface area (Å²) < 4.78 is 4.29. The van der Waals surface area contributed by atoms with Gasteiger partial charge in [0.25, 0.3) is 0 Å². The van der Waals surface area contributed by atoms with Crippen LogP contribution in [-0.4, -0.2) is 12.6 Å². The minimum absolute atomic E-state index is 0. The number of rotatable bonds is 0. The van der Waals surface area contributed by atoms with Crippen LogP contribution in [0.3, 0.4) is 0 Å². The fourth-order valence-corrected chi connectivity index (χ4v) is 0.185. The summed E-state index contributed by atoms with van der Waals surface area (Å²) in [5.41, 5.74) is 0. The lowest BCUT2D eigenvalue weighted by Crippen LogP contribution is -2.18. The molecule has 0 N–H and O–H groups in total. The van der Waals surface area contributed by atoms with Crippen molar-refractivity contribution in [3.05, 3.63) is 0 Å². The van der Waals surface area contributed by atoms with Gasteiger partial charge in [-0.05, 0) is 0 Å². The average Bonchev–Trinajstić information content (AvgIpc) is 1.30. The van der Waals surface area contributed by atoms with Gasteiger partial charge in [0, 0.05) is 0 Å². The highest BCUT2D eigenvalue weighted by Crippen LogP contribution is 1.97. The van der Waals surface area contributed by atoms with E-state index in [1.165, 1.54) is 0 Å². The SMILES string of the molecule is O=C1CCO1.S. The van der Waals surface area contributed by atoms with E-state index >= 15 is 0 Å². The maximum atomic E-state index is 9.68.